The molecule has 100 valence electrons. The van der Waals surface area contributed by atoms with E-state index in [4.69, 9.17) is 5.41 Å². The van der Waals surface area contributed by atoms with Gasteiger partial charge < -0.3 is 5.41 Å². The van der Waals surface area contributed by atoms with Crippen LogP contribution in [-0.2, 0) is 0 Å². The summed E-state index contributed by atoms with van der Waals surface area (Å²) < 4.78 is 0. The van der Waals surface area contributed by atoms with Crippen molar-refractivity contribution in [1.29, 1.82) is 5.41 Å². The van der Waals surface area contributed by atoms with Crippen molar-refractivity contribution in [3.05, 3.63) is 64.3 Å². The van der Waals surface area contributed by atoms with E-state index in [9.17, 15) is 0 Å². The van der Waals surface area contributed by atoms with Gasteiger partial charge >= 0.3 is 0 Å². The molecule has 0 aliphatic heterocycles. The summed E-state index contributed by atoms with van der Waals surface area (Å²) in [4.78, 5) is 0. The number of benzene rings is 1. The Morgan fingerprint density at radius 2 is 1.58 bits per heavy atom. The lowest BCUT2D eigenvalue weighted by atomic mass is 9.96. The van der Waals surface area contributed by atoms with E-state index in [2.05, 4.69) is 64.1 Å². The number of allylic oxidation sites excluding steroid dienone is 6. The van der Waals surface area contributed by atoms with Crippen molar-refractivity contribution in [2.75, 3.05) is 0 Å². The van der Waals surface area contributed by atoms with Crippen LogP contribution in [0.2, 0.25) is 0 Å². The third kappa shape index (κ3) is 4.36. The summed E-state index contributed by atoms with van der Waals surface area (Å²) in [5.74, 6) is 0. The lowest BCUT2D eigenvalue weighted by Gasteiger charge is -2.09. The third-order valence-corrected chi connectivity index (χ3v) is 3.11. The highest BCUT2D eigenvalue weighted by Gasteiger charge is 2.03. The molecule has 0 unspecified atom stereocenters. The van der Waals surface area contributed by atoms with Gasteiger partial charge in [0.25, 0.3) is 0 Å². The molecule has 0 saturated carbocycles. The summed E-state index contributed by atoms with van der Waals surface area (Å²) >= 11 is 0. The van der Waals surface area contributed by atoms with Crippen LogP contribution in [0.4, 0.5) is 0 Å². The van der Waals surface area contributed by atoms with E-state index in [0.29, 0.717) is 0 Å². The minimum absolute atomic E-state index is 0.994. The van der Waals surface area contributed by atoms with Crippen LogP contribution in [-0.4, -0.2) is 6.21 Å². The second-order valence-electron chi connectivity index (χ2n) is 5.15. The third-order valence-electron chi connectivity index (χ3n) is 3.11. The van der Waals surface area contributed by atoms with Crippen molar-refractivity contribution in [2.45, 2.75) is 34.6 Å². The molecule has 0 aliphatic carbocycles. The first-order valence-corrected chi connectivity index (χ1v) is 6.56. The van der Waals surface area contributed by atoms with Gasteiger partial charge in [0.2, 0.25) is 0 Å². The van der Waals surface area contributed by atoms with Crippen molar-refractivity contribution in [1.82, 2.24) is 0 Å². The predicted octanol–water partition coefficient (Wildman–Crippen LogP) is 5.33. The number of aryl methyl sites for hydroxylation is 1. The summed E-state index contributed by atoms with van der Waals surface area (Å²) in [6.45, 7) is 10.4. The minimum Gasteiger partial charge on any atom is -0.308 e. The molecule has 0 radical (unpaired) electrons. The molecule has 0 amide bonds. The van der Waals surface area contributed by atoms with Crippen molar-refractivity contribution in [2.24, 2.45) is 0 Å². The maximum atomic E-state index is 7.34. The SMILES string of the molecule is CC(C)=C/C(=C\C(C)=C(/C)C=N)c1ccccc1C. The van der Waals surface area contributed by atoms with Gasteiger partial charge in [-0.05, 0) is 62.5 Å². The number of hydrogen-bond acceptors (Lipinski definition) is 1. The highest BCUT2D eigenvalue weighted by molar-refractivity contribution is 5.82. The van der Waals surface area contributed by atoms with Crippen molar-refractivity contribution in [3.63, 3.8) is 0 Å². The number of nitrogens with one attached hydrogen (secondary N) is 1. The highest BCUT2D eigenvalue weighted by atomic mass is 14.3. The van der Waals surface area contributed by atoms with Crippen molar-refractivity contribution < 1.29 is 0 Å². The van der Waals surface area contributed by atoms with Crippen LogP contribution in [0.25, 0.3) is 5.57 Å². The molecule has 0 bridgehead atoms. The van der Waals surface area contributed by atoms with Crippen LogP contribution < -0.4 is 0 Å². The second-order valence-corrected chi connectivity index (χ2v) is 5.15. The van der Waals surface area contributed by atoms with Crippen molar-refractivity contribution >= 4 is 11.8 Å². The molecule has 0 aromatic heterocycles. The first kappa shape index (κ1) is 15.2. The lowest BCUT2D eigenvalue weighted by Crippen LogP contribution is -1.89. The number of hydrogen-bond donors (Lipinski definition) is 1. The van der Waals surface area contributed by atoms with Gasteiger partial charge in [-0.15, -0.1) is 0 Å². The molecular formula is C18H23N. The van der Waals surface area contributed by atoms with E-state index in [1.807, 2.05) is 6.92 Å². The fourth-order valence-electron chi connectivity index (χ4n) is 1.87. The van der Waals surface area contributed by atoms with Gasteiger partial charge in [0, 0.05) is 6.21 Å². The molecule has 0 atom stereocenters. The summed E-state index contributed by atoms with van der Waals surface area (Å²) in [5, 5.41) is 7.34. The largest absolute Gasteiger partial charge is 0.308 e. The summed E-state index contributed by atoms with van der Waals surface area (Å²) in [6.07, 6.45) is 5.77. The van der Waals surface area contributed by atoms with Gasteiger partial charge in [0.15, 0.2) is 0 Å². The van der Waals surface area contributed by atoms with Gasteiger partial charge in [-0.3, -0.25) is 0 Å². The summed E-state index contributed by atoms with van der Waals surface area (Å²) in [6, 6.07) is 8.40. The molecule has 1 rings (SSSR count). The molecule has 0 aliphatic rings. The van der Waals surface area contributed by atoms with E-state index < -0.39 is 0 Å². The summed E-state index contributed by atoms with van der Waals surface area (Å²) in [5.41, 5.74) is 7.12. The Morgan fingerprint density at radius 1 is 0.947 bits per heavy atom. The maximum absolute atomic E-state index is 7.34. The van der Waals surface area contributed by atoms with Gasteiger partial charge in [-0.2, -0.15) is 0 Å². The summed E-state index contributed by atoms with van der Waals surface area (Å²) in [7, 11) is 0. The Hall–Kier alpha value is -1.89. The Bertz CT molecular complexity index is 553. The average molecular weight is 253 g/mol. The smallest absolute Gasteiger partial charge is 0.0209 e. The molecule has 1 aromatic carbocycles. The maximum Gasteiger partial charge on any atom is 0.0209 e. The van der Waals surface area contributed by atoms with E-state index in [-0.39, 0.29) is 0 Å². The zero-order valence-corrected chi connectivity index (χ0v) is 12.5. The van der Waals surface area contributed by atoms with E-state index in [0.717, 1.165) is 11.1 Å². The zero-order valence-electron chi connectivity index (χ0n) is 12.5. The molecule has 1 N–H and O–H groups in total. The van der Waals surface area contributed by atoms with E-state index in [1.54, 1.807) is 0 Å². The molecule has 1 nitrogen and oxygen atoms in total. The molecule has 19 heavy (non-hydrogen) atoms. The quantitative estimate of drug-likeness (QED) is 0.554. The fraction of sp³-hybridized carbons (Fsp3) is 0.278. The topological polar surface area (TPSA) is 23.9 Å². The van der Waals surface area contributed by atoms with Crippen LogP contribution in [0.3, 0.4) is 0 Å². The monoisotopic (exact) mass is 253 g/mol. The molecule has 0 fully saturated rings. The second kappa shape index (κ2) is 6.89. The van der Waals surface area contributed by atoms with Gasteiger partial charge in [0.05, 0.1) is 0 Å². The molecule has 0 spiro atoms. The van der Waals surface area contributed by atoms with Crippen molar-refractivity contribution in [3.8, 4) is 0 Å². The van der Waals surface area contributed by atoms with Crippen LogP contribution in [0.15, 0.2) is 53.1 Å². The van der Waals surface area contributed by atoms with Crippen LogP contribution in [0.5, 0.6) is 0 Å². The molecule has 0 heterocycles. The normalized spacial score (nSPS) is 12.8. The van der Waals surface area contributed by atoms with Crippen LogP contribution in [0, 0.1) is 12.3 Å². The Labute approximate surface area is 116 Å². The fourth-order valence-corrected chi connectivity index (χ4v) is 1.87. The Morgan fingerprint density at radius 3 is 2.11 bits per heavy atom. The van der Waals surface area contributed by atoms with Gasteiger partial charge in [0.1, 0.15) is 0 Å². The van der Waals surface area contributed by atoms with Crippen LogP contribution >= 0.6 is 0 Å². The van der Waals surface area contributed by atoms with Crippen LogP contribution in [0.1, 0.15) is 38.8 Å². The minimum atomic E-state index is 0.994. The predicted molar refractivity (Wildman–Crippen MR) is 85.7 cm³/mol. The average Bonchev–Trinajstić information content (AvgIpc) is 2.37. The van der Waals surface area contributed by atoms with E-state index in [1.165, 1.54) is 28.5 Å². The van der Waals surface area contributed by atoms with Gasteiger partial charge in [-0.1, -0.05) is 42.0 Å². The zero-order chi connectivity index (χ0) is 14.4. The molecule has 0 saturated heterocycles. The highest BCUT2D eigenvalue weighted by Crippen LogP contribution is 2.23. The molecule has 1 aromatic rings. The molecular weight excluding hydrogens is 230 g/mol. The first-order valence-electron chi connectivity index (χ1n) is 6.56. The lowest BCUT2D eigenvalue weighted by molar-refractivity contribution is 1.36. The Balaban J connectivity index is 3.40. The number of rotatable bonds is 4. The van der Waals surface area contributed by atoms with E-state index >= 15 is 0 Å². The standard InChI is InChI=1S/C18H23N/c1-13(2)10-17(11-15(4)16(5)12-19)18-9-7-6-8-14(18)3/h6-12,19H,1-5H3/b16-15+,17-11+,19-12?. The first-order chi connectivity index (χ1) is 8.95. The van der Waals surface area contributed by atoms with Gasteiger partial charge in [-0.25, -0.2) is 0 Å². The molecule has 1 heteroatoms. The Kier molecular flexibility index (Phi) is 5.50.